The fourth-order valence-electron chi connectivity index (χ4n) is 2.34. The van der Waals surface area contributed by atoms with E-state index in [4.69, 9.17) is 9.47 Å². The summed E-state index contributed by atoms with van der Waals surface area (Å²) in [5.41, 5.74) is 0.917. The SMILES string of the molecule is COC(=O)C1CCC(Oc2ccc(Br)c(C)n2)CC1. The largest absolute Gasteiger partial charge is 0.474 e. The molecule has 1 fully saturated rings. The fraction of sp³-hybridized carbons (Fsp3) is 0.571. The number of ether oxygens (including phenoxy) is 2. The second kappa shape index (κ2) is 6.37. The van der Waals surface area contributed by atoms with E-state index in [1.165, 1.54) is 7.11 Å². The molecule has 1 saturated carbocycles. The standard InChI is InChI=1S/C14H18BrNO3/c1-9-12(15)7-8-13(16-9)19-11-5-3-10(4-6-11)14(17)18-2/h7-8,10-11H,3-6H2,1-2H3. The molecular weight excluding hydrogens is 310 g/mol. The van der Waals surface area contributed by atoms with Crippen molar-refractivity contribution in [1.29, 1.82) is 0 Å². The summed E-state index contributed by atoms with van der Waals surface area (Å²) in [5.74, 6) is 0.586. The molecule has 1 heterocycles. The average Bonchev–Trinajstić information content (AvgIpc) is 2.43. The molecule has 0 bridgehead atoms. The van der Waals surface area contributed by atoms with Crippen molar-refractivity contribution in [2.24, 2.45) is 5.92 Å². The van der Waals surface area contributed by atoms with Gasteiger partial charge in [-0.25, -0.2) is 4.98 Å². The van der Waals surface area contributed by atoms with Crippen LogP contribution in [0.25, 0.3) is 0 Å². The molecule has 0 unspecified atom stereocenters. The van der Waals surface area contributed by atoms with Gasteiger partial charge in [0.1, 0.15) is 6.10 Å². The number of aryl methyl sites for hydroxylation is 1. The van der Waals surface area contributed by atoms with E-state index in [1.54, 1.807) is 0 Å². The van der Waals surface area contributed by atoms with Crippen LogP contribution in [0, 0.1) is 12.8 Å². The van der Waals surface area contributed by atoms with Crippen molar-refractivity contribution in [3.63, 3.8) is 0 Å². The van der Waals surface area contributed by atoms with Gasteiger partial charge in [-0.05, 0) is 54.6 Å². The minimum Gasteiger partial charge on any atom is -0.474 e. The Morgan fingerprint density at radius 1 is 1.32 bits per heavy atom. The maximum absolute atomic E-state index is 11.4. The molecule has 0 spiro atoms. The third-order valence-electron chi connectivity index (χ3n) is 3.49. The van der Waals surface area contributed by atoms with Crippen LogP contribution in [0.3, 0.4) is 0 Å². The van der Waals surface area contributed by atoms with Gasteiger partial charge in [-0.15, -0.1) is 0 Å². The van der Waals surface area contributed by atoms with E-state index in [9.17, 15) is 4.79 Å². The predicted octanol–water partition coefficient (Wildman–Crippen LogP) is 3.26. The highest BCUT2D eigenvalue weighted by Gasteiger charge is 2.28. The molecule has 4 nitrogen and oxygen atoms in total. The number of carbonyl (C=O) groups is 1. The predicted molar refractivity (Wildman–Crippen MR) is 75.1 cm³/mol. The molecule has 1 aliphatic carbocycles. The number of nitrogens with zero attached hydrogens (tertiary/aromatic N) is 1. The number of hydrogen-bond acceptors (Lipinski definition) is 4. The molecule has 19 heavy (non-hydrogen) atoms. The van der Waals surface area contributed by atoms with Gasteiger partial charge in [0.25, 0.3) is 0 Å². The van der Waals surface area contributed by atoms with Gasteiger partial charge in [0.15, 0.2) is 0 Å². The summed E-state index contributed by atoms with van der Waals surface area (Å²) < 4.78 is 11.6. The molecule has 0 N–H and O–H groups in total. The molecule has 0 radical (unpaired) electrons. The Morgan fingerprint density at radius 3 is 2.58 bits per heavy atom. The van der Waals surface area contributed by atoms with Crippen LogP contribution < -0.4 is 4.74 Å². The highest BCUT2D eigenvalue weighted by molar-refractivity contribution is 9.10. The van der Waals surface area contributed by atoms with Crippen LogP contribution in [0.15, 0.2) is 16.6 Å². The van der Waals surface area contributed by atoms with Crippen LogP contribution >= 0.6 is 15.9 Å². The van der Waals surface area contributed by atoms with Crippen molar-refractivity contribution in [3.8, 4) is 5.88 Å². The van der Waals surface area contributed by atoms with Crippen LogP contribution in [0.5, 0.6) is 5.88 Å². The summed E-state index contributed by atoms with van der Waals surface area (Å²) in [4.78, 5) is 15.8. The van der Waals surface area contributed by atoms with Crippen LogP contribution in [-0.2, 0) is 9.53 Å². The van der Waals surface area contributed by atoms with E-state index < -0.39 is 0 Å². The lowest BCUT2D eigenvalue weighted by molar-refractivity contribution is -0.147. The molecule has 5 heteroatoms. The number of hydrogen-bond donors (Lipinski definition) is 0. The first-order valence-corrected chi connectivity index (χ1v) is 7.27. The summed E-state index contributed by atoms with van der Waals surface area (Å²) in [6.07, 6.45) is 3.54. The minimum atomic E-state index is -0.101. The lowest BCUT2D eigenvalue weighted by atomic mass is 9.87. The van der Waals surface area contributed by atoms with E-state index in [-0.39, 0.29) is 18.0 Å². The molecule has 104 valence electrons. The molecule has 2 rings (SSSR count). The van der Waals surface area contributed by atoms with Gasteiger partial charge >= 0.3 is 5.97 Å². The molecule has 0 atom stereocenters. The van der Waals surface area contributed by atoms with Crippen LogP contribution in [-0.4, -0.2) is 24.2 Å². The van der Waals surface area contributed by atoms with Crippen LogP contribution in [0.4, 0.5) is 0 Å². The van der Waals surface area contributed by atoms with Gasteiger partial charge in [-0.1, -0.05) is 0 Å². The lowest BCUT2D eigenvalue weighted by Crippen LogP contribution is -2.28. The molecule has 0 amide bonds. The average molecular weight is 328 g/mol. The first kappa shape index (κ1) is 14.3. The summed E-state index contributed by atoms with van der Waals surface area (Å²) in [7, 11) is 1.44. The van der Waals surface area contributed by atoms with Crippen molar-refractivity contribution in [2.75, 3.05) is 7.11 Å². The Hall–Kier alpha value is -1.10. The number of carbonyl (C=O) groups excluding carboxylic acids is 1. The normalized spacial score (nSPS) is 22.9. The van der Waals surface area contributed by atoms with E-state index in [1.807, 2.05) is 19.1 Å². The first-order chi connectivity index (χ1) is 9.10. The Bertz CT molecular complexity index is 456. The maximum Gasteiger partial charge on any atom is 0.308 e. The number of halogens is 1. The quantitative estimate of drug-likeness (QED) is 0.799. The Balaban J connectivity index is 1.88. The summed E-state index contributed by atoms with van der Waals surface area (Å²) in [5, 5.41) is 0. The second-order valence-electron chi connectivity index (χ2n) is 4.83. The van der Waals surface area contributed by atoms with Gasteiger partial charge < -0.3 is 9.47 Å². The Morgan fingerprint density at radius 2 is 2.00 bits per heavy atom. The number of methoxy groups -OCH3 is 1. The molecular formula is C14H18BrNO3. The number of pyridine rings is 1. The highest BCUT2D eigenvalue weighted by Crippen LogP contribution is 2.28. The van der Waals surface area contributed by atoms with E-state index in [0.29, 0.717) is 5.88 Å². The van der Waals surface area contributed by atoms with Crippen molar-refractivity contribution in [3.05, 3.63) is 22.3 Å². The van der Waals surface area contributed by atoms with E-state index in [2.05, 4.69) is 20.9 Å². The number of rotatable bonds is 3. The Kier molecular flexibility index (Phi) is 4.80. The van der Waals surface area contributed by atoms with Gasteiger partial charge in [-0.2, -0.15) is 0 Å². The molecule has 1 aromatic heterocycles. The zero-order chi connectivity index (χ0) is 13.8. The molecule has 1 aromatic rings. The van der Waals surface area contributed by atoms with E-state index >= 15 is 0 Å². The number of aromatic nitrogens is 1. The third kappa shape index (κ3) is 3.69. The smallest absolute Gasteiger partial charge is 0.308 e. The Labute approximate surface area is 121 Å². The molecule has 0 saturated heterocycles. The van der Waals surface area contributed by atoms with E-state index in [0.717, 1.165) is 35.8 Å². The second-order valence-corrected chi connectivity index (χ2v) is 5.69. The highest BCUT2D eigenvalue weighted by atomic mass is 79.9. The maximum atomic E-state index is 11.4. The van der Waals surface area contributed by atoms with Gasteiger partial charge in [0, 0.05) is 10.5 Å². The monoisotopic (exact) mass is 327 g/mol. The van der Waals surface area contributed by atoms with Crippen molar-refractivity contribution < 1.29 is 14.3 Å². The zero-order valence-corrected chi connectivity index (χ0v) is 12.8. The molecule has 0 aromatic carbocycles. The summed E-state index contributed by atoms with van der Waals surface area (Å²) in [6, 6.07) is 3.81. The van der Waals surface area contributed by atoms with Gasteiger partial charge in [0.2, 0.25) is 5.88 Å². The topological polar surface area (TPSA) is 48.4 Å². The van der Waals surface area contributed by atoms with Crippen molar-refractivity contribution in [2.45, 2.75) is 38.7 Å². The number of esters is 1. The summed E-state index contributed by atoms with van der Waals surface area (Å²) in [6.45, 7) is 1.94. The van der Waals surface area contributed by atoms with Crippen molar-refractivity contribution in [1.82, 2.24) is 4.98 Å². The minimum absolute atomic E-state index is 0.0319. The summed E-state index contributed by atoms with van der Waals surface area (Å²) >= 11 is 3.42. The molecule has 1 aliphatic rings. The van der Waals surface area contributed by atoms with Crippen molar-refractivity contribution >= 4 is 21.9 Å². The third-order valence-corrected chi connectivity index (χ3v) is 4.33. The fourth-order valence-corrected chi connectivity index (χ4v) is 2.56. The van der Waals surface area contributed by atoms with Crippen LogP contribution in [0.2, 0.25) is 0 Å². The zero-order valence-electron chi connectivity index (χ0n) is 11.2. The van der Waals surface area contributed by atoms with Crippen LogP contribution in [0.1, 0.15) is 31.4 Å². The van der Waals surface area contributed by atoms with Gasteiger partial charge in [-0.3, -0.25) is 4.79 Å². The molecule has 0 aliphatic heterocycles. The first-order valence-electron chi connectivity index (χ1n) is 6.47. The lowest BCUT2D eigenvalue weighted by Gasteiger charge is -2.27. The van der Waals surface area contributed by atoms with Gasteiger partial charge in [0.05, 0.1) is 18.7 Å².